The molecule has 3 aromatic carbocycles. The van der Waals surface area contributed by atoms with Gasteiger partial charge in [0, 0.05) is 22.2 Å². The summed E-state index contributed by atoms with van der Waals surface area (Å²) in [5.41, 5.74) is 2.52. The summed E-state index contributed by atoms with van der Waals surface area (Å²) in [6.45, 7) is 5.94. The van der Waals surface area contributed by atoms with Crippen LogP contribution in [0.3, 0.4) is 0 Å². The number of nitrogens with one attached hydrogen (secondary N) is 1. The summed E-state index contributed by atoms with van der Waals surface area (Å²) >= 11 is 1.22. The van der Waals surface area contributed by atoms with Crippen molar-refractivity contribution in [1.82, 2.24) is 0 Å². The van der Waals surface area contributed by atoms with E-state index in [1.54, 1.807) is 67.8 Å². The molecule has 1 N–H and O–H groups in total. The third-order valence-corrected chi connectivity index (χ3v) is 6.30. The first kappa shape index (κ1) is 26.0. The molecule has 182 valence electrons. The maximum Gasteiger partial charge on any atom is 0.339 e. The number of ether oxygens (including phenoxy) is 2. The van der Waals surface area contributed by atoms with E-state index < -0.39 is 5.97 Å². The summed E-state index contributed by atoms with van der Waals surface area (Å²) in [5.74, 6) is -0.369. The number of hydrogen-bond acceptors (Lipinski definition) is 6. The van der Waals surface area contributed by atoms with Crippen LogP contribution in [0, 0.1) is 0 Å². The van der Waals surface area contributed by atoms with Crippen LogP contribution < -0.4 is 10.1 Å². The summed E-state index contributed by atoms with van der Waals surface area (Å²) in [5, 5.41) is 2.81. The molecule has 0 aromatic heterocycles. The Bertz CT molecular complexity index is 1200. The van der Waals surface area contributed by atoms with Crippen LogP contribution >= 0.6 is 11.8 Å². The third kappa shape index (κ3) is 7.45. The fourth-order valence-electron chi connectivity index (χ4n) is 3.25. The van der Waals surface area contributed by atoms with Gasteiger partial charge in [-0.25, -0.2) is 4.79 Å². The molecule has 0 heterocycles. The molecule has 0 aliphatic rings. The molecule has 0 fully saturated rings. The molecular weight excluding hydrogens is 462 g/mol. The Morgan fingerprint density at radius 1 is 0.914 bits per heavy atom. The molecule has 35 heavy (non-hydrogen) atoms. The molecule has 0 saturated heterocycles. The number of methoxy groups -OCH3 is 1. The topological polar surface area (TPSA) is 81.7 Å². The monoisotopic (exact) mass is 491 g/mol. The highest BCUT2D eigenvalue weighted by Gasteiger charge is 2.18. The number of anilines is 1. The van der Waals surface area contributed by atoms with Gasteiger partial charge in [-0.2, -0.15) is 0 Å². The Hall–Kier alpha value is -3.58. The van der Waals surface area contributed by atoms with Gasteiger partial charge in [0.2, 0.25) is 5.91 Å². The minimum atomic E-state index is -0.610. The van der Waals surface area contributed by atoms with Crippen molar-refractivity contribution < 1.29 is 23.9 Å². The normalized spacial score (nSPS) is 11.0. The Morgan fingerprint density at radius 3 is 2.31 bits per heavy atom. The van der Waals surface area contributed by atoms with Crippen LogP contribution in [0.1, 0.15) is 47.1 Å². The second kappa shape index (κ2) is 11.7. The lowest BCUT2D eigenvalue weighted by molar-refractivity contribution is -0.113. The fraction of sp³-hybridized carbons (Fsp3) is 0.250. The summed E-state index contributed by atoms with van der Waals surface area (Å²) in [7, 11) is 1.56. The number of thioether (sulfide) groups is 1. The van der Waals surface area contributed by atoms with E-state index in [2.05, 4.69) is 26.1 Å². The lowest BCUT2D eigenvalue weighted by Crippen LogP contribution is -2.16. The van der Waals surface area contributed by atoms with Crippen molar-refractivity contribution >= 4 is 35.1 Å². The fourth-order valence-corrected chi connectivity index (χ4v) is 4.09. The number of hydrogen-bond donors (Lipinski definition) is 1. The van der Waals surface area contributed by atoms with Gasteiger partial charge in [-0.1, -0.05) is 63.2 Å². The van der Waals surface area contributed by atoms with E-state index in [1.165, 1.54) is 11.8 Å². The number of amides is 1. The predicted molar refractivity (Wildman–Crippen MR) is 139 cm³/mol. The van der Waals surface area contributed by atoms with E-state index in [-0.39, 0.29) is 29.5 Å². The van der Waals surface area contributed by atoms with Crippen LogP contribution in [0.5, 0.6) is 5.75 Å². The van der Waals surface area contributed by atoms with Gasteiger partial charge < -0.3 is 14.8 Å². The Labute approximate surface area is 210 Å². The summed E-state index contributed by atoms with van der Waals surface area (Å²) < 4.78 is 10.5. The zero-order chi connectivity index (χ0) is 25.4. The first-order valence-corrected chi connectivity index (χ1v) is 12.1. The molecule has 1 amide bonds. The Morgan fingerprint density at radius 2 is 1.63 bits per heavy atom. The van der Waals surface area contributed by atoms with Crippen LogP contribution in [-0.2, 0) is 14.9 Å². The molecule has 0 atom stereocenters. The molecule has 0 spiro atoms. The number of ketones is 1. The second-order valence-corrected chi connectivity index (χ2v) is 9.91. The molecular formula is C28H29NO5S. The number of benzene rings is 3. The zero-order valence-electron chi connectivity index (χ0n) is 20.3. The minimum Gasteiger partial charge on any atom is -0.497 e. The number of Topliss-reactive ketones (excluding diaryl/α,β-unsaturated/α-hetero) is 1. The van der Waals surface area contributed by atoms with Crippen molar-refractivity contribution in [3.8, 4) is 5.75 Å². The van der Waals surface area contributed by atoms with Crippen molar-refractivity contribution in [2.75, 3.05) is 24.8 Å². The number of esters is 1. The van der Waals surface area contributed by atoms with Gasteiger partial charge in [-0.3, -0.25) is 9.59 Å². The van der Waals surface area contributed by atoms with Gasteiger partial charge in [0.05, 0.1) is 18.4 Å². The molecule has 6 nitrogen and oxygen atoms in total. The molecule has 0 aliphatic heterocycles. The van der Waals surface area contributed by atoms with Crippen molar-refractivity contribution in [2.45, 2.75) is 31.1 Å². The molecule has 3 aromatic rings. The number of rotatable bonds is 9. The zero-order valence-corrected chi connectivity index (χ0v) is 21.1. The first-order valence-electron chi connectivity index (χ1n) is 11.1. The highest BCUT2D eigenvalue weighted by molar-refractivity contribution is 8.00. The molecule has 0 saturated carbocycles. The van der Waals surface area contributed by atoms with Crippen molar-refractivity contribution in [3.05, 3.63) is 89.5 Å². The van der Waals surface area contributed by atoms with Crippen molar-refractivity contribution in [2.24, 2.45) is 0 Å². The van der Waals surface area contributed by atoms with Crippen LogP contribution in [0.15, 0.2) is 77.7 Å². The second-order valence-electron chi connectivity index (χ2n) is 8.89. The van der Waals surface area contributed by atoms with E-state index in [1.807, 2.05) is 12.1 Å². The molecule has 7 heteroatoms. The summed E-state index contributed by atoms with van der Waals surface area (Å²) in [4.78, 5) is 38.2. The maximum atomic E-state index is 12.7. The predicted octanol–water partition coefficient (Wildman–Crippen LogP) is 5.76. The first-order chi connectivity index (χ1) is 16.7. The average molecular weight is 492 g/mol. The number of carbonyl (C=O) groups is 3. The maximum absolute atomic E-state index is 12.7. The number of carbonyl (C=O) groups excluding carboxylic acids is 3. The van der Waals surface area contributed by atoms with Crippen LogP contribution in [-0.4, -0.2) is 37.1 Å². The SMILES string of the molecule is COc1cccc(NC(=O)CSc2ccccc2C(=O)OCC(=O)c2ccc(C(C)(C)C)cc2)c1. The van der Waals surface area contributed by atoms with Crippen LogP contribution in [0.4, 0.5) is 5.69 Å². The standard InChI is InChI=1S/C28H29NO5S/c1-28(2,3)20-14-12-19(13-15-20)24(30)17-34-27(32)23-10-5-6-11-25(23)35-18-26(31)29-21-8-7-9-22(16-21)33-4/h5-16H,17-18H2,1-4H3,(H,29,31). The van der Waals surface area contributed by atoms with Gasteiger partial charge in [-0.15, -0.1) is 11.8 Å². The van der Waals surface area contributed by atoms with E-state index in [0.29, 0.717) is 27.5 Å². The summed E-state index contributed by atoms with van der Waals surface area (Å²) in [6.07, 6.45) is 0. The Kier molecular flexibility index (Phi) is 8.71. The van der Waals surface area contributed by atoms with Gasteiger partial charge in [0.25, 0.3) is 0 Å². The average Bonchev–Trinajstić information content (AvgIpc) is 2.85. The largest absolute Gasteiger partial charge is 0.497 e. The van der Waals surface area contributed by atoms with Crippen LogP contribution in [0.25, 0.3) is 0 Å². The van der Waals surface area contributed by atoms with Crippen molar-refractivity contribution in [3.63, 3.8) is 0 Å². The van der Waals surface area contributed by atoms with E-state index in [0.717, 1.165) is 5.56 Å². The van der Waals surface area contributed by atoms with Crippen molar-refractivity contribution in [1.29, 1.82) is 0 Å². The van der Waals surface area contributed by atoms with Gasteiger partial charge in [0.1, 0.15) is 5.75 Å². The van der Waals surface area contributed by atoms with Gasteiger partial charge >= 0.3 is 5.97 Å². The van der Waals surface area contributed by atoms with E-state index >= 15 is 0 Å². The van der Waals surface area contributed by atoms with Gasteiger partial charge in [-0.05, 0) is 35.2 Å². The van der Waals surface area contributed by atoms with E-state index in [4.69, 9.17) is 9.47 Å². The highest BCUT2D eigenvalue weighted by Crippen LogP contribution is 2.25. The van der Waals surface area contributed by atoms with Crippen LogP contribution in [0.2, 0.25) is 0 Å². The molecule has 0 radical (unpaired) electrons. The lowest BCUT2D eigenvalue weighted by Gasteiger charge is -2.19. The van der Waals surface area contributed by atoms with E-state index in [9.17, 15) is 14.4 Å². The summed E-state index contributed by atoms with van der Waals surface area (Å²) in [6, 6.07) is 21.3. The highest BCUT2D eigenvalue weighted by atomic mass is 32.2. The molecule has 3 rings (SSSR count). The minimum absolute atomic E-state index is 0.0136. The third-order valence-electron chi connectivity index (χ3n) is 5.23. The lowest BCUT2D eigenvalue weighted by atomic mass is 9.86. The Balaban J connectivity index is 1.57. The molecule has 0 bridgehead atoms. The smallest absolute Gasteiger partial charge is 0.339 e. The molecule has 0 aliphatic carbocycles. The van der Waals surface area contributed by atoms with Gasteiger partial charge in [0.15, 0.2) is 12.4 Å². The molecule has 0 unspecified atom stereocenters. The quantitative estimate of drug-likeness (QED) is 0.233.